The Balaban J connectivity index is 1.35. The fraction of sp³-hybridized carbons (Fsp3) is 0.760. The number of benzene rings is 1. The van der Waals surface area contributed by atoms with E-state index in [9.17, 15) is 68.4 Å². The summed E-state index contributed by atoms with van der Waals surface area (Å²) < 4.78 is 87.0. The van der Waals surface area contributed by atoms with Crippen LogP contribution in [0.25, 0.3) is 0 Å². The van der Waals surface area contributed by atoms with Gasteiger partial charge < -0.3 is 105 Å². The summed E-state index contributed by atoms with van der Waals surface area (Å²) in [6.45, 7) is 1.95. The van der Waals surface area contributed by atoms with Crippen LogP contribution in [0.1, 0.15) is 83.0 Å². The number of carbonyl (C=O) groups excluding carboxylic acids is 4. The van der Waals surface area contributed by atoms with Gasteiger partial charge in [-0.05, 0) is 31.0 Å². The molecule has 0 spiro atoms. The van der Waals surface area contributed by atoms with Gasteiger partial charge in [-0.2, -0.15) is 8.42 Å². The summed E-state index contributed by atoms with van der Waals surface area (Å²) in [5, 5.41) is 99.6. The normalized spacial score (nSPS) is 34.5. The lowest BCUT2D eigenvalue weighted by Crippen LogP contribution is -2.71. The lowest BCUT2D eigenvalue weighted by Gasteiger charge is -2.51. The molecule has 4 heterocycles. The number of hydrogen-bond donors (Lipinski definition) is 12. The number of hydrogen-bond acceptors (Lipinski definition) is 25. The molecule has 4 aliphatic rings. The summed E-state index contributed by atoms with van der Waals surface area (Å²) in [4.78, 5) is 51.5. The molecule has 4 saturated heterocycles. The van der Waals surface area contributed by atoms with E-state index in [4.69, 9.17) is 46.8 Å². The van der Waals surface area contributed by atoms with Crippen LogP contribution in [0.4, 0.5) is 0 Å². The van der Waals surface area contributed by atoms with Crippen LogP contribution in [-0.4, -0.2) is 243 Å². The predicted molar refractivity (Wildman–Crippen MR) is 271 cm³/mol. The summed E-state index contributed by atoms with van der Waals surface area (Å²) in [5.41, 5.74) is 0.0542. The fourth-order valence-corrected chi connectivity index (χ4v) is 9.83. The highest BCUT2D eigenvalue weighted by Gasteiger charge is 2.56. The van der Waals surface area contributed by atoms with Crippen molar-refractivity contribution >= 4 is 34.0 Å². The topological polar surface area (TPSA) is 414 Å². The molecule has 20 atom stereocenters. The zero-order valence-electron chi connectivity index (χ0n) is 45.3. The Kier molecular flexibility index (Phi) is 26.5. The second-order valence-electron chi connectivity index (χ2n) is 19.4. The van der Waals surface area contributed by atoms with E-state index in [1.165, 1.54) is 25.7 Å². The van der Waals surface area contributed by atoms with E-state index >= 15 is 0 Å². The molecule has 454 valence electrons. The minimum absolute atomic E-state index is 0.0542. The van der Waals surface area contributed by atoms with E-state index in [1.807, 2.05) is 0 Å². The first-order chi connectivity index (χ1) is 38.1. The number of rotatable bonds is 27. The van der Waals surface area contributed by atoms with E-state index in [0.29, 0.717) is 25.2 Å². The summed E-state index contributed by atoms with van der Waals surface area (Å²) in [7, 11) is -2.65. The van der Waals surface area contributed by atoms with Gasteiger partial charge in [0.15, 0.2) is 25.2 Å². The van der Waals surface area contributed by atoms with Crippen LogP contribution in [0, 0.1) is 11.8 Å². The van der Waals surface area contributed by atoms with Crippen LogP contribution in [0.15, 0.2) is 24.3 Å². The minimum atomic E-state index is -4.63. The zero-order valence-corrected chi connectivity index (χ0v) is 46.1. The van der Waals surface area contributed by atoms with Crippen LogP contribution in [0.2, 0.25) is 0 Å². The minimum Gasteiger partial charge on any atom is -0.494 e. The molecule has 0 aromatic heterocycles. The molecule has 0 aliphatic carbocycles. The molecular weight excluding hydrogens is 1090 g/mol. The van der Waals surface area contributed by atoms with Gasteiger partial charge in [0.1, 0.15) is 103 Å². The van der Waals surface area contributed by atoms with Crippen LogP contribution in [0.5, 0.6) is 5.75 Å². The van der Waals surface area contributed by atoms with Crippen molar-refractivity contribution in [2.75, 3.05) is 47.3 Å². The Morgan fingerprint density at radius 3 is 1.52 bits per heavy atom. The van der Waals surface area contributed by atoms with Crippen molar-refractivity contribution in [2.45, 2.75) is 195 Å². The Morgan fingerprint density at radius 2 is 1.05 bits per heavy atom. The first kappa shape index (κ1) is 66.5. The third-order valence-corrected chi connectivity index (χ3v) is 14.3. The first-order valence-corrected chi connectivity index (χ1v) is 27.5. The molecule has 20 unspecified atom stereocenters. The molecule has 0 bridgehead atoms. The molecule has 4 amide bonds. The standard InChI is InChI=1S/C50H78N4O25S/c1-7-8-9-10-11-12-13-14-15-19-71-29-18-16-17-28(20-29)46(66)54-34-39(62)38(61)30(21-55)73-48(34)77-43-31(22-56)74-49(36(41(43)64)52-26(3)59)78-44-32(23-57)75-50(37(42(44)65)53-27(4)60)79-45-33(24-72-80(67,68)70-6)76-47(69-5)35(40(45)63)51-25(2)58/h16-18,20,30-45,47-50,55-57,61-65H,7-11,14-15,19,21-24H2,1-6H3,(H,51,58)(H,52,59)(H,53,60)(H,54,66). The van der Waals surface area contributed by atoms with Crippen LogP contribution >= 0.6 is 0 Å². The maximum absolute atomic E-state index is 13.8. The van der Waals surface area contributed by atoms with Crippen LogP contribution in [-0.2, 0) is 71.0 Å². The summed E-state index contributed by atoms with van der Waals surface area (Å²) >= 11 is 0. The molecule has 0 saturated carbocycles. The van der Waals surface area contributed by atoms with Gasteiger partial charge in [-0.3, -0.25) is 23.4 Å². The number of aliphatic hydroxyl groups is 8. The van der Waals surface area contributed by atoms with E-state index in [1.54, 1.807) is 12.1 Å². The molecule has 1 aromatic carbocycles. The van der Waals surface area contributed by atoms with Crippen molar-refractivity contribution in [3.8, 4) is 17.6 Å². The van der Waals surface area contributed by atoms with Gasteiger partial charge in [0.2, 0.25) is 17.7 Å². The third kappa shape index (κ3) is 18.1. The number of unbranched alkanes of at least 4 members (excludes halogenated alkanes) is 5. The fourth-order valence-electron chi connectivity index (χ4n) is 9.44. The van der Waals surface area contributed by atoms with Gasteiger partial charge in [-0.1, -0.05) is 32.3 Å². The Bertz CT molecular complexity index is 2310. The molecule has 0 radical (unpaired) electrons. The van der Waals surface area contributed by atoms with Crippen LogP contribution < -0.4 is 26.0 Å². The van der Waals surface area contributed by atoms with Gasteiger partial charge in [-0.25, -0.2) is 4.18 Å². The predicted octanol–water partition coefficient (Wildman–Crippen LogP) is -4.18. The maximum Gasteiger partial charge on any atom is 0.399 e. The molecule has 5 rings (SSSR count). The average Bonchev–Trinajstić information content (AvgIpc) is 3.50. The number of ether oxygens (including phenoxy) is 9. The van der Waals surface area contributed by atoms with E-state index in [2.05, 4.69) is 44.2 Å². The number of nitrogens with one attached hydrogen (secondary N) is 4. The van der Waals surface area contributed by atoms with E-state index in [0.717, 1.165) is 53.6 Å². The van der Waals surface area contributed by atoms with E-state index in [-0.39, 0.29) is 5.56 Å². The molecule has 80 heavy (non-hydrogen) atoms. The number of methoxy groups -OCH3 is 1. The van der Waals surface area contributed by atoms with Gasteiger partial charge in [-0.15, -0.1) is 11.8 Å². The second kappa shape index (κ2) is 31.9. The van der Waals surface area contributed by atoms with Gasteiger partial charge in [0.25, 0.3) is 5.91 Å². The van der Waals surface area contributed by atoms with Gasteiger partial charge in [0.05, 0.1) is 40.1 Å². The quantitative estimate of drug-likeness (QED) is 0.0294. The molecule has 1 aromatic rings. The second-order valence-corrected chi connectivity index (χ2v) is 20.8. The molecular formula is C50H78N4O25S. The summed E-state index contributed by atoms with van der Waals surface area (Å²) in [6, 6.07) is -0.354. The van der Waals surface area contributed by atoms with E-state index < -0.39 is 183 Å². The number of amides is 4. The Hall–Kier alpha value is -4.31. The Labute approximate surface area is 463 Å². The van der Waals surface area contributed by atoms with Crippen molar-refractivity contribution in [1.82, 2.24) is 21.3 Å². The Morgan fingerprint density at radius 1 is 0.588 bits per heavy atom. The average molecular weight is 1170 g/mol. The first-order valence-electron chi connectivity index (χ1n) is 26.2. The molecule has 29 nitrogen and oxygen atoms in total. The zero-order chi connectivity index (χ0) is 58.8. The highest BCUT2D eigenvalue weighted by molar-refractivity contribution is 7.81. The lowest BCUT2D eigenvalue weighted by atomic mass is 9.93. The maximum atomic E-state index is 13.8. The lowest BCUT2D eigenvalue weighted by molar-refractivity contribution is -0.362. The monoisotopic (exact) mass is 1170 g/mol. The number of carbonyl (C=O) groups is 4. The SMILES string of the molecule is CCCCCCC#CCCCOc1cccc(C(=O)NC2C(OC3C(CO)OC(OC4C(CO)OC(OC5C(COS(=O)(=O)OC)OC(OC)C(NC(C)=O)C5O)C(NC(C)=O)C4O)C(NC(C)=O)C3O)OC(CO)C(O)C2O)c1. The third-order valence-electron chi connectivity index (χ3n) is 13.4. The van der Waals surface area contributed by atoms with Crippen molar-refractivity contribution in [1.29, 1.82) is 0 Å². The highest BCUT2D eigenvalue weighted by Crippen LogP contribution is 2.35. The van der Waals surface area contributed by atoms with Crippen molar-refractivity contribution in [3.63, 3.8) is 0 Å². The van der Waals surface area contributed by atoms with Crippen LogP contribution in [0.3, 0.4) is 0 Å². The molecule has 12 N–H and O–H groups in total. The summed E-state index contributed by atoms with van der Waals surface area (Å²) in [5.74, 6) is 3.60. The van der Waals surface area contributed by atoms with Crippen molar-refractivity contribution in [2.24, 2.45) is 0 Å². The number of aliphatic hydroxyl groups excluding tert-OH is 8. The van der Waals surface area contributed by atoms with Crippen molar-refractivity contribution in [3.05, 3.63) is 29.8 Å². The smallest absolute Gasteiger partial charge is 0.399 e. The van der Waals surface area contributed by atoms with Gasteiger partial charge >= 0.3 is 10.4 Å². The summed E-state index contributed by atoms with van der Waals surface area (Å²) in [6.07, 6.45) is -21.6. The van der Waals surface area contributed by atoms with Crippen molar-refractivity contribution < 1.29 is 119 Å². The van der Waals surface area contributed by atoms with Gasteiger partial charge in [0, 0.05) is 46.3 Å². The molecule has 30 heteroatoms. The largest absolute Gasteiger partial charge is 0.494 e. The molecule has 4 aliphatic heterocycles. The highest BCUT2D eigenvalue weighted by atomic mass is 32.3. The molecule has 4 fully saturated rings.